The zero-order valence-electron chi connectivity index (χ0n) is 19.9. The van der Waals surface area contributed by atoms with E-state index in [1.54, 1.807) is 16.9 Å². The van der Waals surface area contributed by atoms with Gasteiger partial charge in [0.15, 0.2) is 0 Å². The maximum absolute atomic E-state index is 9.50. The van der Waals surface area contributed by atoms with Crippen LogP contribution in [-0.4, -0.2) is 69.0 Å². The lowest BCUT2D eigenvalue weighted by Crippen LogP contribution is -2.28. The van der Waals surface area contributed by atoms with E-state index in [1.807, 2.05) is 10.9 Å². The monoisotopic (exact) mass is 462 g/mol. The maximum Gasteiger partial charge on any atom is 0.231 e. The fraction of sp³-hybridized carbons (Fsp3) is 0.500. The van der Waals surface area contributed by atoms with Gasteiger partial charge >= 0.3 is 0 Å². The number of fused-ring (bicyclic) bond motifs is 1. The SMILES string of the molecule is COc1ncc(-n2nc(-c3cnn(CC4CCN(C(C)C)C4)c3)c3c2NCOCC3)cc1C#N. The van der Waals surface area contributed by atoms with Crippen LogP contribution in [0.5, 0.6) is 5.88 Å². The highest BCUT2D eigenvalue weighted by molar-refractivity contribution is 5.70. The Balaban J connectivity index is 1.47. The molecule has 1 fully saturated rings. The molecule has 1 N–H and O–H groups in total. The van der Waals surface area contributed by atoms with Crippen molar-refractivity contribution in [2.75, 3.05) is 38.9 Å². The van der Waals surface area contributed by atoms with Crippen LogP contribution < -0.4 is 10.1 Å². The molecule has 10 heteroatoms. The number of rotatable bonds is 6. The van der Waals surface area contributed by atoms with Crippen molar-refractivity contribution < 1.29 is 9.47 Å². The normalized spacial score (nSPS) is 18.4. The third kappa shape index (κ3) is 4.24. The molecule has 3 aromatic rings. The van der Waals surface area contributed by atoms with Crippen molar-refractivity contribution in [1.29, 1.82) is 5.26 Å². The van der Waals surface area contributed by atoms with Gasteiger partial charge < -0.3 is 19.7 Å². The molecule has 1 unspecified atom stereocenters. The van der Waals surface area contributed by atoms with Crippen LogP contribution >= 0.6 is 0 Å². The highest BCUT2D eigenvalue weighted by Gasteiger charge is 2.26. The van der Waals surface area contributed by atoms with E-state index in [0.717, 1.165) is 48.7 Å². The van der Waals surface area contributed by atoms with E-state index >= 15 is 0 Å². The third-order valence-electron chi connectivity index (χ3n) is 6.62. The fourth-order valence-electron chi connectivity index (χ4n) is 4.78. The van der Waals surface area contributed by atoms with Gasteiger partial charge in [-0.1, -0.05) is 0 Å². The van der Waals surface area contributed by atoms with Crippen LogP contribution in [0.3, 0.4) is 0 Å². The Bertz CT molecular complexity index is 1210. The van der Waals surface area contributed by atoms with Gasteiger partial charge in [0.2, 0.25) is 5.88 Å². The van der Waals surface area contributed by atoms with Crippen molar-refractivity contribution in [1.82, 2.24) is 29.4 Å². The number of ether oxygens (including phenoxy) is 2. The van der Waals surface area contributed by atoms with E-state index in [4.69, 9.17) is 14.6 Å². The molecule has 5 heterocycles. The van der Waals surface area contributed by atoms with E-state index in [-0.39, 0.29) is 0 Å². The number of nitrogens with one attached hydrogen (secondary N) is 1. The van der Waals surface area contributed by atoms with Gasteiger partial charge in [-0.3, -0.25) is 4.68 Å². The minimum absolute atomic E-state index is 0.297. The molecule has 2 aliphatic rings. The first-order chi connectivity index (χ1) is 16.6. The lowest BCUT2D eigenvalue weighted by atomic mass is 10.1. The summed E-state index contributed by atoms with van der Waals surface area (Å²) in [5, 5.41) is 22.4. The minimum atomic E-state index is 0.297. The van der Waals surface area contributed by atoms with E-state index in [2.05, 4.69) is 46.4 Å². The summed E-state index contributed by atoms with van der Waals surface area (Å²) in [4.78, 5) is 6.82. The molecule has 0 saturated carbocycles. The Morgan fingerprint density at radius 3 is 3.00 bits per heavy atom. The van der Waals surface area contributed by atoms with Crippen LogP contribution in [0.4, 0.5) is 5.82 Å². The number of pyridine rings is 1. The molecule has 5 rings (SSSR count). The third-order valence-corrected chi connectivity index (χ3v) is 6.62. The molecule has 1 saturated heterocycles. The number of hydrogen-bond acceptors (Lipinski definition) is 8. The number of aromatic nitrogens is 5. The number of nitrogens with zero attached hydrogens (tertiary/aromatic N) is 7. The summed E-state index contributed by atoms with van der Waals surface area (Å²) < 4.78 is 14.7. The number of hydrogen-bond donors (Lipinski definition) is 1. The molecule has 0 spiro atoms. The molecular formula is C24H30N8O2. The minimum Gasteiger partial charge on any atom is -0.480 e. The number of likely N-dealkylation sites (tertiary alicyclic amines) is 1. The van der Waals surface area contributed by atoms with E-state index in [0.29, 0.717) is 42.4 Å². The fourth-order valence-corrected chi connectivity index (χ4v) is 4.78. The van der Waals surface area contributed by atoms with Gasteiger partial charge in [-0.25, -0.2) is 9.67 Å². The first kappa shape index (κ1) is 22.4. The van der Waals surface area contributed by atoms with Crippen molar-refractivity contribution in [2.24, 2.45) is 5.92 Å². The molecule has 10 nitrogen and oxygen atoms in total. The highest BCUT2D eigenvalue weighted by atomic mass is 16.5. The highest BCUT2D eigenvalue weighted by Crippen LogP contribution is 2.33. The number of methoxy groups -OCH3 is 1. The van der Waals surface area contributed by atoms with Crippen molar-refractivity contribution in [2.45, 2.75) is 39.3 Å². The van der Waals surface area contributed by atoms with Crippen molar-refractivity contribution in [3.8, 4) is 28.9 Å². The summed E-state index contributed by atoms with van der Waals surface area (Å²) in [7, 11) is 1.50. The Labute approximate surface area is 199 Å². The molecule has 0 radical (unpaired) electrons. The largest absolute Gasteiger partial charge is 0.480 e. The maximum atomic E-state index is 9.50. The topological polar surface area (TPSA) is 106 Å². The Morgan fingerprint density at radius 2 is 2.24 bits per heavy atom. The first-order valence-corrected chi connectivity index (χ1v) is 11.7. The van der Waals surface area contributed by atoms with Gasteiger partial charge in [0.05, 0.1) is 31.8 Å². The molecule has 0 aliphatic carbocycles. The van der Waals surface area contributed by atoms with Crippen LogP contribution in [0, 0.1) is 17.2 Å². The summed E-state index contributed by atoms with van der Waals surface area (Å²) in [6.07, 6.45) is 7.56. The second-order valence-electron chi connectivity index (χ2n) is 9.12. The summed E-state index contributed by atoms with van der Waals surface area (Å²) >= 11 is 0. The van der Waals surface area contributed by atoms with Gasteiger partial charge in [0.1, 0.15) is 29.9 Å². The molecule has 0 bridgehead atoms. The second kappa shape index (κ2) is 9.44. The van der Waals surface area contributed by atoms with Gasteiger partial charge in [0, 0.05) is 42.9 Å². The molecular weight excluding hydrogens is 432 g/mol. The van der Waals surface area contributed by atoms with Crippen LogP contribution in [0.2, 0.25) is 0 Å². The van der Waals surface area contributed by atoms with Gasteiger partial charge in [-0.2, -0.15) is 15.5 Å². The number of anilines is 1. The van der Waals surface area contributed by atoms with E-state index in [9.17, 15) is 5.26 Å². The second-order valence-corrected chi connectivity index (χ2v) is 9.12. The summed E-state index contributed by atoms with van der Waals surface area (Å²) in [5.74, 6) is 1.75. The molecule has 178 valence electrons. The predicted octanol–water partition coefficient (Wildman–Crippen LogP) is 2.68. The quantitative estimate of drug-likeness (QED) is 0.596. The Kier molecular flexibility index (Phi) is 6.22. The molecule has 3 aromatic heterocycles. The van der Waals surface area contributed by atoms with Crippen molar-refractivity contribution in [3.63, 3.8) is 0 Å². The molecule has 0 aromatic carbocycles. The summed E-state index contributed by atoms with van der Waals surface area (Å²) in [6, 6.07) is 4.47. The molecule has 0 amide bonds. The van der Waals surface area contributed by atoms with Crippen molar-refractivity contribution >= 4 is 5.82 Å². The van der Waals surface area contributed by atoms with Crippen molar-refractivity contribution in [3.05, 3.63) is 35.8 Å². The van der Waals surface area contributed by atoms with Crippen LogP contribution in [0.15, 0.2) is 24.7 Å². The molecule has 1 atom stereocenters. The Hall–Kier alpha value is -3.42. The predicted molar refractivity (Wildman–Crippen MR) is 127 cm³/mol. The van der Waals surface area contributed by atoms with E-state index in [1.165, 1.54) is 13.5 Å². The summed E-state index contributed by atoms with van der Waals surface area (Å²) in [5.41, 5.74) is 3.94. The standard InChI is InChI=1S/C24H30N8O2/c1-16(2)30-6-4-17(12-30)13-31-14-19(10-28-31)22-21-5-7-34-15-27-23(21)32(29-22)20-8-18(9-25)24(33-3)26-11-20/h8,10-11,14,16-17,27H,4-7,12-13,15H2,1-3H3. The average molecular weight is 463 g/mol. The van der Waals surface area contributed by atoms with Crippen LogP contribution in [0.1, 0.15) is 31.4 Å². The average Bonchev–Trinajstić information content (AvgIpc) is 3.54. The van der Waals surface area contributed by atoms with Gasteiger partial charge in [-0.05, 0) is 38.8 Å². The lowest BCUT2D eigenvalue weighted by Gasteiger charge is -2.20. The molecule has 2 aliphatic heterocycles. The zero-order chi connectivity index (χ0) is 23.7. The van der Waals surface area contributed by atoms with E-state index < -0.39 is 0 Å². The van der Waals surface area contributed by atoms with Crippen LogP contribution in [-0.2, 0) is 17.7 Å². The first-order valence-electron chi connectivity index (χ1n) is 11.7. The summed E-state index contributed by atoms with van der Waals surface area (Å²) in [6.45, 7) is 8.68. The molecule has 34 heavy (non-hydrogen) atoms. The number of nitriles is 1. The Morgan fingerprint density at radius 1 is 1.35 bits per heavy atom. The lowest BCUT2D eigenvalue weighted by molar-refractivity contribution is 0.159. The van der Waals surface area contributed by atoms with Gasteiger partial charge in [0.25, 0.3) is 0 Å². The van der Waals surface area contributed by atoms with Crippen LogP contribution in [0.25, 0.3) is 16.9 Å². The zero-order valence-corrected chi connectivity index (χ0v) is 19.9. The smallest absolute Gasteiger partial charge is 0.231 e. The van der Waals surface area contributed by atoms with Gasteiger partial charge in [-0.15, -0.1) is 0 Å².